The highest BCUT2D eigenvalue weighted by molar-refractivity contribution is 5.72. The molecule has 0 aromatic heterocycles. The molecule has 28 heavy (non-hydrogen) atoms. The van der Waals surface area contributed by atoms with Crippen LogP contribution in [0.2, 0.25) is 0 Å². The van der Waals surface area contributed by atoms with Crippen molar-refractivity contribution in [3.63, 3.8) is 0 Å². The zero-order valence-electron chi connectivity index (χ0n) is 16.3. The Labute approximate surface area is 164 Å². The fourth-order valence-corrected chi connectivity index (χ4v) is 2.97. The van der Waals surface area contributed by atoms with E-state index in [0.717, 1.165) is 5.56 Å². The highest BCUT2D eigenvalue weighted by Crippen LogP contribution is 2.45. The molecule has 0 atom stereocenters. The van der Waals surface area contributed by atoms with E-state index < -0.39 is 29.2 Å². The van der Waals surface area contributed by atoms with Crippen LogP contribution in [0.25, 0.3) is 0 Å². The number of carbonyl (C=O) groups excluding carboxylic acids is 2. The minimum atomic E-state index is -0.761. The highest BCUT2D eigenvalue weighted by atomic mass is 19.1. The molecular formula is C21H25FN2O4. The first-order valence-electron chi connectivity index (χ1n) is 9.24. The lowest BCUT2D eigenvalue weighted by Crippen LogP contribution is -2.43. The summed E-state index contributed by atoms with van der Waals surface area (Å²) in [6.45, 7) is 5.20. The molecule has 1 aliphatic heterocycles. The van der Waals surface area contributed by atoms with Crippen LogP contribution in [0, 0.1) is 0 Å². The molecule has 1 N–H and O–H groups in total. The molecule has 150 valence electrons. The van der Waals surface area contributed by atoms with Crippen molar-refractivity contribution < 1.29 is 23.5 Å². The predicted molar refractivity (Wildman–Crippen MR) is 102 cm³/mol. The van der Waals surface area contributed by atoms with Crippen LogP contribution in [-0.2, 0) is 16.1 Å². The van der Waals surface area contributed by atoms with Crippen molar-refractivity contribution >= 4 is 12.2 Å². The Hall–Kier alpha value is -2.83. The fourth-order valence-electron chi connectivity index (χ4n) is 2.97. The maximum Gasteiger partial charge on any atom is 0.414 e. The molecule has 0 bridgehead atoms. The van der Waals surface area contributed by atoms with Gasteiger partial charge in [-0.1, -0.05) is 30.3 Å². The molecule has 6 nitrogen and oxygen atoms in total. The van der Waals surface area contributed by atoms with Crippen LogP contribution in [-0.4, -0.2) is 34.8 Å². The summed E-state index contributed by atoms with van der Waals surface area (Å²) in [6.07, 6.45) is 3.05. The average molecular weight is 388 g/mol. The average Bonchev–Trinajstić information content (AvgIpc) is 3.38. The fraction of sp³-hybridized carbons (Fsp3) is 0.429. The second-order valence-corrected chi connectivity index (χ2v) is 8.01. The van der Waals surface area contributed by atoms with Crippen molar-refractivity contribution in [2.24, 2.45) is 0 Å². The predicted octanol–water partition coefficient (Wildman–Crippen LogP) is 4.43. The van der Waals surface area contributed by atoms with Crippen LogP contribution in [0.3, 0.4) is 0 Å². The monoisotopic (exact) mass is 388 g/mol. The van der Waals surface area contributed by atoms with Crippen molar-refractivity contribution in [2.45, 2.75) is 51.4 Å². The number of benzene rings is 1. The number of hydrogen-bond donors (Lipinski definition) is 1. The topological polar surface area (TPSA) is 67.9 Å². The van der Waals surface area contributed by atoms with Crippen molar-refractivity contribution in [2.75, 3.05) is 6.54 Å². The van der Waals surface area contributed by atoms with Gasteiger partial charge < -0.3 is 14.8 Å². The van der Waals surface area contributed by atoms with E-state index >= 15 is 0 Å². The van der Waals surface area contributed by atoms with Crippen molar-refractivity contribution in [1.82, 2.24) is 10.2 Å². The van der Waals surface area contributed by atoms with Gasteiger partial charge in [-0.05, 0) is 45.3 Å². The lowest BCUT2D eigenvalue weighted by molar-refractivity contribution is 0.0505. The maximum atomic E-state index is 14.7. The molecule has 7 heteroatoms. The van der Waals surface area contributed by atoms with Crippen LogP contribution in [0.1, 0.15) is 39.2 Å². The standard InChI is InChI=1S/C21H25FN2O4/c1-20(2,3)28-18(25)23-21(10-11-21)16-9-12-24(13-17(16)22)19(26)27-14-15-7-5-4-6-8-15/h4-9,12H,10-11,13-14H2,1-3H3,(H,23,25). The number of nitrogens with zero attached hydrogens (tertiary/aromatic N) is 1. The number of carbonyl (C=O) groups is 2. The molecule has 1 aromatic rings. The number of ether oxygens (including phenoxy) is 2. The van der Waals surface area contributed by atoms with Gasteiger partial charge in [-0.3, -0.25) is 4.90 Å². The summed E-state index contributed by atoms with van der Waals surface area (Å²) in [5.74, 6) is -0.465. The van der Waals surface area contributed by atoms with Gasteiger partial charge in [-0.2, -0.15) is 0 Å². The molecule has 2 amide bonds. The van der Waals surface area contributed by atoms with Crippen LogP contribution in [0.4, 0.5) is 14.0 Å². The third-order valence-corrected chi connectivity index (χ3v) is 4.47. The second kappa shape index (κ2) is 7.66. The van der Waals surface area contributed by atoms with Crippen LogP contribution in [0.5, 0.6) is 0 Å². The second-order valence-electron chi connectivity index (χ2n) is 8.01. The van der Waals surface area contributed by atoms with Gasteiger partial charge in [0.2, 0.25) is 0 Å². The molecule has 0 radical (unpaired) electrons. The van der Waals surface area contributed by atoms with E-state index in [9.17, 15) is 14.0 Å². The maximum absolute atomic E-state index is 14.7. The summed E-state index contributed by atoms with van der Waals surface area (Å²) >= 11 is 0. The van der Waals surface area contributed by atoms with E-state index in [4.69, 9.17) is 9.47 Å². The lowest BCUT2D eigenvalue weighted by Gasteiger charge is -2.27. The van der Waals surface area contributed by atoms with Gasteiger partial charge in [0.15, 0.2) is 0 Å². The van der Waals surface area contributed by atoms with Crippen LogP contribution >= 0.6 is 0 Å². The first-order valence-corrected chi connectivity index (χ1v) is 9.24. The number of hydrogen-bond acceptors (Lipinski definition) is 4. The Bertz CT molecular complexity index is 807. The van der Waals surface area contributed by atoms with Crippen molar-refractivity contribution in [3.8, 4) is 0 Å². The molecule has 1 aromatic carbocycles. The molecule has 2 aliphatic rings. The van der Waals surface area contributed by atoms with E-state index in [1.165, 1.54) is 17.2 Å². The number of alkyl carbamates (subject to hydrolysis) is 1. The Morgan fingerprint density at radius 1 is 1.21 bits per heavy atom. The Kier molecular flexibility index (Phi) is 5.45. The SMILES string of the molecule is CC(C)(C)OC(=O)NC1(C2=C(F)CN(C(=O)OCc3ccccc3)C=C2)CC1. The summed E-state index contributed by atoms with van der Waals surface area (Å²) in [6, 6.07) is 9.27. The minimum Gasteiger partial charge on any atom is -0.444 e. The molecule has 0 spiro atoms. The third-order valence-electron chi connectivity index (χ3n) is 4.47. The largest absolute Gasteiger partial charge is 0.444 e. The van der Waals surface area contributed by atoms with E-state index in [2.05, 4.69) is 5.32 Å². The highest BCUT2D eigenvalue weighted by Gasteiger charge is 2.49. The van der Waals surface area contributed by atoms with Gasteiger partial charge in [-0.25, -0.2) is 14.0 Å². The molecule has 1 aliphatic carbocycles. The van der Waals surface area contributed by atoms with Gasteiger partial charge in [0.05, 0.1) is 12.1 Å². The van der Waals surface area contributed by atoms with Gasteiger partial charge >= 0.3 is 12.2 Å². The van der Waals surface area contributed by atoms with Gasteiger partial charge in [-0.15, -0.1) is 0 Å². The third kappa shape index (κ3) is 4.91. The number of nitrogens with one attached hydrogen (secondary N) is 1. The van der Waals surface area contributed by atoms with Crippen molar-refractivity contribution in [1.29, 1.82) is 0 Å². The quantitative estimate of drug-likeness (QED) is 0.828. The van der Waals surface area contributed by atoms with Gasteiger partial charge in [0, 0.05) is 11.8 Å². The zero-order valence-corrected chi connectivity index (χ0v) is 16.3. The van der Waals surface area contributed by atoms with Crippen LogP contribution < -0.4 is 5.32 Å². The molecular weight excluding hydrogens is 363 g/mol. The first kappa shape index (κ1) is 19.9. The van der Waals surface area contributed by atoms with Crippen LogP contribution in [0.15, 0.2) is 54.0 Å². The number of amides is 2. The summed E-state index contributed by atoms with van der Waals surface area (Å²) in [5.41, 5.74) is -0.157. The summed E-state index contributed by atoms with van der Waals surface area (Å²) < 4.78 is 25.2. The van der Waals surface area contributed by atoms with Crippen molar-refractivity contribution in [3.05, 3.63) is 59.6 Å². The van der Waals surface area contributed by atoms with E-state index in [-0.39, 0.29) is 13.2 Å². The molecule has 1 heterocycles. The molecule has 3 rings (SSSR count). The van der Waals surface area contributed by atoms with Gasteiger partial charge in [0.25, 0.3) is 0 Å². The lowest BCUT2D eigenvalue weighted by atomic mass is 10.0. The Morgan fingerprint density at radius 2 is 1.89 bits per heavy atom. The van der Waals surface area contributed by atoms with E-state index in [1.54, 1.807) is 20.8 Å². The molecule has 1 saturated carbocycles. The van der Waals surface area contributed by atoms with Gasteiger partial charge in [0.1, 0.15) is 18.0 Å². The minimum absolute atomic E-state index is 0.117. The number of halogens is 1. The van der Waals surface area contributed by atoms with E-state index in [1.807, 2.05) is 30.3 Å². The summed E-state index contributed by atoms with van der Waals surface area (Å²) in [4.78, 5) is 25.4. The zero-order chi connectivity index (χ0) is 20.4. The first-order chi connectivity index (χ1) is 13.2. The molecule has 1 fully saturated rings. The Morgan fingerprint density at radius 3 is 2.46 bits per heavy atom. The Balaban J connectivity index is 1.58. The molecule has 0 saturated heterocycles. The summed E-state index contributed by atoms with van der Waals surface area (Å²) in [5, 5.41) is 2.77. The van der Waals surface area contributed by atoms with E-state index in [0.29, 0.717) is 18.4 Å². The number of rotatable bonds is 4. The smallest absolute Gasteiger partial charge is 0.414 e. The normalized spacial score (nSPS) is 17.9. The molecule has 0 unspecified atom stereocenters. The summed E-state index contributed by atoms with van der Waals surface area (Å²) in [7, 11) is 0.